The maximum atomic E-state index is 13.4. The van der Waals surface area contributed by atoms with Crippen LogP contribution in [-0.2, 0) is 9.59 Å². The summed E-state index contributed by atoms with van der Waals surface area (Å²) < 4.78 is 16.9. The van der Waals surface area contributed by atoms with E-state index < -0.39 is 17.7 Å². The topological polar surface area (TPSA) is 85.3 Å². The van der Waals surface area contributed by atoms with Crippen molar-refractivity contribution in [3.05, 3.63) is 89.5 Å². The van der Waals surface area contributed by atoms with Gasteiger partial charge in [0.05, 0.1) is 37.5 Å². The van der Waals surface area contributed by atoms with Crippen LogP contribution < -0.4 is 19.1 Å². The van der Waals surface area contributed by atoms with Crippen LogP contribution in [0.25, 0.3) is 5.76 Å². The van der Waals surface area contributed by atoms with Crippen molar-refractivity contribution < 1.29 is 28.9 Å². The van der Waals surface area contributed by atoms with Crippen LogP contribution in [0.15, 0.2) is 78.4 Å². The smallest absolute Gasteiger partial charge is 0.300 e. The average molecular weight is 474 g/mol. The zero-order chi connectivity index (χ0) is 24.9. The summed E-state index contributed by atoms with van der Waals surface area (Å²) >= 11 is 0. The highest BCUT2D eigenvalue weighted by Gasteiger charge is 2.48. The van der Waals surface area contributed by atoms with E-state index >= 15 is 0 Å². The van der Waals surface area contributed by atoms with Gasteiger partial charge in [-0.1, -0.05) is 36.4 Å². The third-order valence-corrected chi connectivity index (χ3v) is 5.73. The van der Waals surface area contributed by atoms with Crippen LogP contribution in [0.1, 0.15) is 31.0 Å². The monoisotopic (exact) mass is 473 g/mol. The van der Waals surface area contributed by atoms with Crippen molar-refractivity contribution in [3.8, 4) is 17.2 Å². The number of para-hydroxylation sites is 2. The van der Waals surface area contributed by atoms with Gasteiger partial charge >= 0.3 is 0 Å². The lowest BCUT2D eigenvalue weighted by molar-refractivity contribution is -0.132. The molecule has 1 fully saturated rings. The standard InChI is InChI=1S/C28H27NO6/c1-4-34-19-15-16-21(23(17-19)35-5-2)26(30)24-25(20-13-9-10-14-22(20)33-3)29(28(32)27(24)31)18-11-7-6-8-12-18/h6-17,25,30H,4-5H2,1-3H3/b26-24+. The Bertz CT molecular complexity index is 1270. The number of carbonyl (C=O) groups is 2. The molecule has 3 aromatic carbocycles. The Morgan fingerprint density at radius 3 is 2.26 bits per heavy atom. The average Bonchev–Trinajstić information content (AvgIpc) is 3.15. The Balaban J connectivity index is 1.97. The number of aliphatic hydroxyl groups is 1. The molecule has 0 aliphatic carbocycles. The Morgan fingerprint density at radius 2 is 1.57 bits per heavy atom. The van der Waals surface area contributed by atoms with E-state index in [0.29, 0.717) is 47.3 Å². The molecule has 7 nitrogen and oxygen atoms in total. The lowest BCUT2D eigenvalue weighted by Gasteiger charge is -2.26. The number of hydrogen-bond acceptors (Lipinski definition) is 6. The lowest BCUT2D eigenvalue weighted by atomic mass is 9.94. The molecule has 1 saturated heterocycles. The van der Waals surface area contributed by atoms with E-state index in [4.69, 9.17) is 14.2 Å². The molecule has 35 heavy (non-hydrogen) atoms. The molecule has 4 rings (SSSR count). The fourth-order valence-electron chi connectivity index (χ4n) is 4.25. The normalized spacial score (nSPS) is 16.9. The molecule has 3 aromatic rings. The molecule has 1 atom stereocenters. The van der Waals surface area contributed by atoms with Crippen molar-refractivity contribution in [2.24, 2.45) is 0 Å². The molecular formula is C28H27NO6. The second-order valence-electron chi connectivity index (χ2n) is 7.77. The number of rotatable bonds is 8. The highest BCUT2D eigenvalue weighted by Crippen LogP contribution is 2.45. The van der Waals surface area contributed by atoms with Crippen molar-refractivity contribution in [2.45, 2.75) is 19.9 Å². The molecule has 1 amide bonds. The highest BCUT2D eigenvalue weighted by molar-refractivity contribution is 6.51. The fraction of sp³-hybridized carbons (Fsp3) is 0.214. The van der Waals surface area contributed by atoms with Gasteiger partial charge < -0.3 is 19.3 Å². The predicted molar refractivity (Wildman–Crippen MR) is 133 cm³/mol. The summed E-state index contributed by atoms with van der Waals surface area (Å²) in [5.41, 5.74) is 1.35. The van der Waals surface area contributed by atoms with Gasteiger partial charge in [0.1, 0.15) is 23.0 Å². The summed E-state index contributed by atoms with van der Waals surface area (Å²) in [5, 5.41) is 11.5. The molecule has 180 valence electrons. The minimum absolute atomic E-state index is 0.0477. The predicted octanol–water partition coefficient (Wildman–Crippen LogP) is 5.12. The van der Waals surface area contributed by atoms with Gasteiger partial charge in [0.15, 0.2) is 0 Å². The van der Waals surface area contributed by atoms with E-state index in [1.807, 2.05) is 19.9 Å². The van der Waals surface area contributed by atoms with E-state index in [-0.39, 0.29) is 11.3 Å². The first-order valence-electron chi connectivity index (χ1n) is 11.4. The van der Waals surface area contributed by atoms with Crippen molar-refractivity contribution in [1.29, 1.82) is 0 Å². The number of ketones is 1. The van der Waals surface area contributed by atoms with Gasteiger partial charge in [-0.25, -0.2) is 0 Å². The summed E-state index contributed by atoms with van der Waals surface area (Å²) in [4.78, 5) is 28.1. The number of amides is 1. The van der Waals surface area contributed by atoms with Gasteiger partial charge in [-0.05, 0) is 44.2 Å². The molecular weight excluding hydrogens is 446 g/mol. The Kier molecular flexibility index (Phi) is 7.06. The number of aliphatic hydroxyl groups excluding tert-OH is 1. The first-order chi connectivity index (χ1) is 17.0. The van der Waals surface area contributed by atoms with Crippen LogP contribution in [-0.4, -0.2) is 37.1 Å². The minimum atomic E-state index is -0.908. The second kappa shape index (κ2) is 10.3. The second-order valence-corrected chi connectivity index (χ2v) is 7.77. The molecule has 1 unspecified atom stereocenters. The zero-order valence-electron chi connectivity index (χ0n) is 19.9. The number of ether oxygens (including phenoxy) is 3. The van der Waals surface area contributed by atoms with E-state index in [1.165, 1.54) is 12.0 Å². The van der Waals surface area contributed by atoms with Gasteiger partial charge in [0, 0.05) is 17.3 Å². The molecule has 0 aromatic heterocycles. The summed E-state index contributed by atoms with van der Waals surface area (Å²) in [6, 6.07) is 20.1. The van der Waals surface area contributed by atoms with Gasteiger partial charge in [-0.15, -0.1) is 0 Å². The molecule has 1 heterocycles. The van der Waals surface area contributed by atoms with Gasteiger partial charge in [-0.3, -0.25) is 14.5 Å². The highest BCUT2D eigenvalue weighted by atomic mass is 16.5. The third kappa shape index (κ3) is 4.45. The Labute approximate surface area is 204 Å². The van der Waals surface area contributed by atoms with Crippen molar-refractivity contribution >= 4 is 23.1 Å². The lowest BCUT2D eigenvalue weighted by Crippen LogP contribution is -2.29. The number of nitrogens with zero attached hydrogens (tertiary/aromatic N) is 1. The summed E-state index contributed by atoms with van der Waals surface area (Å²) in [6.45, 7) is 4.49. The van der Waals surface area contributed by atoms with Crippen LogP contribution in [0, 0.1) is 0 Å². The molecule has 1 aliphatic heterocycles. The summed E-state index contributed by atoms with van der Waals surface area (Å²) in [7, 11) is 1.52. The molecule has 0 radical (unpaired) electrons. The number of anilines is 1. The van der Waals surface area contributed by atoms with Crippen LogP contribution in [0.4, 0.5) is 5.69 Å². The third-order valence-electron chi connectivity index (χ3n) is 5.73. The van der Waals surface area contributed by atoms with Crippen LogP contribution >= 0.6 is 0 Å². The number of hydrogen-bond donors (Lipinski definition) is 1. The molecule has 1 aliphatic rings. The zero-order valence-corrected chi connectivity index (χ0v) is 19.9. The maximum absolute atomic E-state index is 13.4. The number of methoxy groups -OCH3 is 1. The quantitative estimate of drug-likeness (QED) is 0.278. The fourth-order valence-corrected chi connectivity index (χ4v) is 4.25. The first kappa shape index (κ1) is 23.9. The van der Waals surface area contributed by atoms with Gasteiger partial charge in [0.2, 0.25) is 0 Å². The molecule has 1 N–H and O–H groups in total. The van der Waals surface area contributed by atoms with Crippen molar-refractivity contribution in [2.75, 3.05) is 25.2 Å². The number of Topliss-reactive ketones (excluding diaryl/α,β-unsaturated/α-hetero) is 1. The largest absolute Gasteiger partial charge is 0.507 e. The molecule has 0 bridgehead atoms. The molecule has 0 saturated carbocycles. The SMILES string of the molecule is CCOc1ccc(/C(O)=C2\C(=O)C(=O)N(c3ccccc3)C2c2ccccc2OC)c(OCC)c1. The van der Waals surface area contributed by atoms with E-state index in [1.54, 1.807) is 66.7 Å². The number of benzene rings is 3. The van der Waals surface area contributed by atoms with Crippen molar-refractivity contribution in [3.63, 3.8) is 0 Å². The van der Waals surface area contributed by atoms with Crippen LogP contribution in [0.5, 0.6) is 17.2 Å². The van der Waals surface area contributed by atoms with Gasteiger partial charge in [-0.2, -0.15) is 0 Å². The Morgan fingerprint density at radius 1 is 0.886 bits per heavy atom. The van der Waals surface area contributed by atoms with E-state index in [2.05, 4.69) is 0 Å². The summed E-state index contributed by atoms with van der Waals surface area (Å²) in [5.74, 6) is -0.456. The number of carbonyl (C=O) groups excluding carboxylic acids is 2. The Hall–Kier alpha value is -4.26. The van der Waals surface area contributed by atoms with Crippen LogP contribution in [0.2, 0.25) is 0 Å². The minimum Gasteiger partial charge on any atom is -0.507 e. The van der Waals surface area contributed by atoms with E-state index in [9.17, 15) is 14.7 Å². The molecule has 0 spiro atoms. The molecule has 7 heteroatoms. The van der Waals surface area contributed by atoms with E-state index in [0.717, 1.165) is 0 Å². The van der Waals surface area contributed by atoms with Crippen LogP contribution in [0.3, 0.4) is 0 Å². The summed E-state index contributed by atoms with van der Waals surface area (Å²) in [6.07, 6.45) is 0. The van der Waals surface area contributed by atoms with Crippen molar-refractivity contribution in [1.82, 2.24) is 0 Å². The first-order valence-corrected chi connectivity index (χ1v) is 11.4. The van der Waals surface area contributed by atoms with Gasteiger partial charge in [0.25, 0.3) is 11.7 Å². The maximum Gasteiger partial charge on any atom is 0.300 e.